The van der Waals surface area contributed by atoms with Crippen LogP contribution in [0.2, 0.25) is 0 Å². The molecule has 5 nitrogen and oxygen atoms in total. The molecule has 0 aromatic rings. The molecule has 0 saturated heterocycles. The van der Waals surface area contributed by atoms with E-state index in [0.717, 1.165) is 12.8 Å². The fourth-order valence-corrected chi connectivity index (χ4v) is 1.53. The van der Waals surface area contributed by atoms with E-state index in [4.69, 9.17) is 5.11 Å². The van der Waals surface area contributed by atoms with Gasteiger partial charge in [-0.15, -0.1) is 0 Å². The molecule has 0 aliphatic heterocycles. The molecule has 0 heterocycles. The van der Waals surface area contributed by atoms with Crippen LogP contribution < -0.4 is 5.32 Å². The molecule has 1 aliphatic carbocycles. The first-order chi connectivity index (χ1) is 7.13. The second-order valence-electron chi connectivity index (χ2n) is 3.83. The van der Waals surface area contributed by atoms with Crippen LogP contribution in [0.25, 0.3) is 0 Å². The number of nitrogens with zero attached hydrogens (tertiary/aromatic N) is 1. The molecule has 0 radical (unpaired) electrons. The van der Waals surface area contributed by atoms with Crippen LogP contribution in [0.1, 0.15) is 25.7 Å². The van der Waals surface area contributed by atoms with Crippen LogP contribution in [-0.4, -0.2) is 48.1 Å². The van der Waals surface area contributed by atoms with Gasteiger partial charge in [-0.3, -0.25) is 14.5 Å². The molecule has 86 valence electrons. The zero-order chi connectivity index (χ0) is 11.3. The Morgan fingerprint density at radius 1 is 1.33 bits per heavy atom. The molecule has 0 unspecified atom stereocenters. The zero-order valence-electron chi connectivity index (χ0n) is 9.03. The lowest BCUT2D eigenvalue weighted by atomic mass is 10.3. The van der Waals surface area contributed by atoms with E-state index in [-0.39, 0.29) is 12.3 Å². The van der Waals surface area contributed by atoms with Crippen LogP contribution in [0.5, 0.6) is 0 Å². The Kier molecular flexibility index (Phi) is 4.55. The normalized spacial score (nSPS) is 15.3. The summed E-state index contributed by atoms with van der Waals surface area (Å²) in [5.74, 6) is -0.767. The minimum atomic E-state index is -0.777. The predicted octanol–water partition coefficient (Wildman–Crippen LogP) is 0.0616. The van der Waals surface area contributed by atoms with E-state index in [2.05, 4.69) is 10.2 Å². The van der Waals surface area contributed by atoms with Crippen LogP contribution >= 0.6 is 0 Å². The van der Waals surface area contributed by atoms with E-state index in [1.807, 2.05) is 0 Å². The molecule has 0 spiro atoms. The summed E-state index contributed by atoms with van der Waals surface area (Å²) in [6.45, 7) is 1.22. The Morgan fingerprint density at radius 3 is 2.40 bits per heavy atom. The van der Waals surface area contributed by atoms with Crippen molar-refractivity contribution in [3.8, 4) is 0 Å². The van der Waals surface area contributed by atoms with Gasteiger partial charge in [0.05, 0.1) is 6.42 Å². The molecule has 1 amide bonds. The van der Waals surface area contributed by atoms with Crippen molar-refractivity contribution < 1.29 is 14.7 Å². The molecule has 2 N–H and O–H groups in total. The van der Waals surface area contributed by atoms with Crippen molar-refractivity contribution in [3.05, 3.63) is 0 Å². The van der Waals surface area contributed by atoms with Gasteiger partial charge in [-0.1, -0.05) is 0 Å². The Balaban J connectivity index is 2.24. The third-order valence-corrected chi connectivity index (χ3v) is 2.58. The summed E-state index contributed by atoms with van der Waals surface area (Å²) in [5.41, 5.74) is 0. The van der Waals surface area contributed by atoms with Gasteiger partial charge in [0.15, 0.2) is 0 Å². The first-order valence-corrected chi connectivity index (χ1v) is 5.30. The maximum atomic E-state index is 11.0. The van der Waals surface area contributed by atoms with Crippen molar-refractivity contribution in [2.24, 2.45) is 0 Å². The van der Waals surface area contributed by atoms with Crippen LogP contribution in [-0.2, 0) is 9.59 Å². The third kappa shape index (κ3) is 4.78. The molecule has 1 aliphatic rings. The Morgan fingerprint density at radius 2 is 1.93 bits per heavy atom. The Hall–Kier alpha value is -1.10. The first kappa shape index (κ1) is 12.0. The molecular weight excluding hydrogens is 196 g/mol. The zero-order valence-corrected chi connectivity index (χ0v) is 9.03. The molecule has 1 fully saturated rings. The molecular formula is C10H18N2O3. The molecule has 0 aromatic heterocycles. The quantitative estimate of drug-likeness (QED) is 0.629. The molecule has 0 atom stereocenters. The number of carbonyl (C=O) groups is 2. The highest BCUT2D eigenvalue weighted by Gasteiger charge is 2.28. The van der Waals surface area contributed by atoms with E-state index < -0.39 is 5.97 Å². The number of hydrogen-bond acceptors (Lipinski definition) is 3. The van der Waals surface area contributed by atoms with E-state index >= 15 is 0 Å². The van der Waals surface area contributed by atoms with E-state index in [0.29, 0.717) is 25.6 Å². The van der Waals surface area contributed by atoms with Gasteiger partial charge in [0.1, 0.15) is 0 Å². The maximum absolute atomic E-state index is 11.0. The molecule has 1 saturated carbocycles. The van der Waals surface area contributed by atoms with E-state index in [1.165, 1.54) is 0 Å². The van der Waals surface area contributed by atoms with Crippen LogP contribution in [0.3, 0.4) is 0 Å². The maximum Gasteiger partial charge on any atom is 0.304 e. The number of carbonyl (C=O) groups excluding carboxylic acids is 1. The Labute approximate surface area is 89.4 Å². The van der Waals surface area contributed by atoms with Crippen molar-refractivity contribution >= 4 is 11.9 Å². The lowest BCUT2D eigenvalue weighted by Crippen LogP contribution is -2.32. The summed E-state index contributed by atoms with van der Waals surface area (Å²) in [5, 5.41) is 11.1. The topological polar surface area (TPSA) is 69.6 Å². The Bertz CT molecular complexity index is 239. The molecule has 15 heavy (non-hydrogen) atoms. The van der Waals surface area contributed by atoms with Gasteiger partial charge in [0.25, 0.3) is 0 Å². The number of carboxylic acid groups (broad SMARTS) is 1. The SMILES string of the molecule is CNC(=O)CCN(CCC(=O)O)C1CC1. The number of carboxylic acids is 1. The summed E-state index contributed by atoms with van der Waals surface area (Å²) in [4.78, 5) is 23.6. The van der Waals surface area contributed by atoms with E-state index in [9.17, 15) is 9.59 Å². The summed E-state index contributed by atoms with van der Waals surface area (Å²) in [6.07, 6.45) is 2.87. The fraction of sp³-hybridized carbons (Fsp3) is 0.800. The van der Waals surface area contributed by atoms with E-state index in [1.54, 1.807) is 7.05 Å². The van der Waals surface area contributed by atoms with Gasteiger partial charge in [0, 0.05) is 32.6 Å². The highest BCUT2D eigenvalue weighted by atomic mass is 16.4. The van der Waals surface area contributed by atoms with Gasteiger partial charge >= 0.3 is 5.97 Å². The highest BCUT2D eigenvalue weighted by molar-refractivity contribution is 5.75. The van der Waals surface area contributed by atoms with Crippen molar-refractivity contribution in [2.75, 3.05) is 20.1 Å². The number of nitrogens with one attached hydrogen (secondary N) is 1. The monoisotopic (exact) mass is 214 g/mol. The molecule has 0 aromatic carbocycles. The van der Waals surface area contributed by atoms with Crippen molar-refractivity contribution in [1.29, 1.82) is 0 Å². The highest BCUT2D eigenvalue weighted by Crippen LogP contribution is 2.26. The molecule has 0 bridgehead atoms. The van der Waals surface area contributed by atoms with Crippen LogP contribution in [0, 0.1) is 0 Å². The third-order valence-electron chi connectivity index (χ3n) is 2.58. The largest absolute Gasteiger partial charge is 0.481 e. The molecule has 5 heteroatoms. The minimum absolute atomic E-state index is 0.0102. The predicted molar refractivity (Wildman–Crippen MR) is 55.5 cm³/mol. The second-order valence-corrected chi connectivity index (χ2v) is 3.83. The number of aliphatic carboxylic acids is 1. The lowest BCUT2D eigenvalue weighted by Gasteiger charge is -2.20. The first-order valence-electron chi connectivity index (χ1n) is 5.30. The standard InChI is InChI=1S/C10H18N2O3/c1-11-9(13)4-6-12(8-2-3-8)7-5-10(14)15/h8H,2-7H2,1H3,(H,11,13)(H,14,15). The van der Waals surface area contributed by atoms with Crippen molar-refractivity contribution in [2.45, 2.75) is 31.7 Å². The number of hydrogen-bond donors (Lipinski definition) is 2. The number of amides is 1. The number of rotatable bonds is 7. The summed E-state index contributed by atoms with van der Waals surface area (Å²) in [6, 6.07) is 0.508. The van der Waals surface area contributed by atoms with Gasteiger partial charge in [-0.25, -0.2) is 0 Å². The fourth-order valence-electron chi connectivity index (χ4n) is 1.53. The smallest absolute Gasteiger partial charge is 0.304 e. The average Bonchev–Trinajstić information content (AvgIpc) is 3.00. The van der Waals surface area contributed by atoms with Crippen molar-refractivity contribution in [1.82, 2.24) is 10.2 Å². The lowest BCUT2D eigenvalue weighted by molar-refractivity contribution is -0.137. The van der Waals surface area contributed by atoms with Crippen LogP contribution in [0.4, 0.5) is 0 Å². The second kappa shape index (κ2) is 5.70. The average molecular weight is 214 g/mol. The molecule has 1 rings (SSSR count). The summed E-state index contributed by atoms with van der Waals surface area (Å²) >= 11 is 0. The van der Waals surface area contributed by atoms with Gasteiger partial charge in [0.2, 0.25) is 5.91 Å². The van der Waals surface area contributed by atoms with Gasteiger partial charge in [-0.2, -0.15) is 0 Å². The van der Waals surface area contributed by atoms with Gasteiger partial charge < -0.3 is 10.4 Å². The van der Waals surface area contributed by atoms with Crippen LogP contribution in [0.15, 0.2) is 0 Å². The minimum Gasteiger partial charge on any atom is -0.481 e. The summed E-state index contributed by atoms with van der Waals surface area (Å²) in [7, 11) is 1.61. The summed E-state index contributed by atoms with van der Waals surface area (Å²) < 4.78 is 0. The van der Waals surface area contributed by atoms with Gasteiger partial charge in [-0.05, 0) is 12.8 Å². The van der Waals surface area contributed by atoms with Crippen molar-refractivity contribution in [3.63, 3.8) is 0 Å².